The number of methoxy groups -OCH3 is 1. The van der Waals surface area contributed by atoms with Crippen LogP contribution in [-0.2, 0) is 26.2 Å². The highest BCUT2D eigenvalue weighted by molar-refractivity contribution is 7.92. The molecule has 0 bridgehead atoms. The Kier molecular flexibility index (Phi) is 9.54. The van der Waals surface area contributed by atoms with Gasteiger partial charge in [0.05, 0.1) is 17.7 Å². The quantitative estimate of drug-likeness (QED) is 0.393. The van der Waals surface area contributed by atoms with Crippen LogP contribution < -0.4 is 14.4 Å². The SMILES string of the molecule is CC[C@@H](C(=O)NC)N(Cc1ccccc1Cl)C(=O)CN(c1ccccc1OC)S(=O)(=O)c1ccccc1. The predicted octanol–water partition coefficient (Wildman–Crippen LogP) is 4.10. The molecule has 1 N–H and O–H groups in total. The van der Waals surface area contributed by atoms with Crippen molar-refractivity contribution in [2.75, 3.05) is 25.0 Å². The molecular formula is C27H30ClN3O5S. The van der Waals surface area contributed by atoms with E-state index in [-0.39, 0.29) is 28.8 Å². The van der Waals surface area contributed by atoms with Crippen molar-refractivity contribution in [1.82, 2.24) is 10.2 Å². The van der Waals surface area contributed by atoms with Gasteiger partial charge in [0.2, 0.25) is 11.8 Å². The number of hydrogen-bond donors (Lipinski definition) is 1. The molecule has 0 fully saturated rings. The zero-order valence-electron chi connectivity index (χ0n) is 20.9. The molecule has 0 saturated carbocycles. The van der Waals surface area contributed by atoms with Crippen molar-refractivity contribution >= 4 is 39.1 Å². The van der Waals surface area contributed by atoms with Gasteiger partial charge in [0.1, 0.15) is 18.3 Å². The second-order valence-corrected chi connectivity index (χ2v) is 10.4. The number of anilines is 1. The summed E-state index contributed by atoms with van der Waals surface area (Å²) in [4.78, 5) is 28.0. The highest BCUT2D eigenvalue weighted by atomic mass is 35.5. The topological polar surface area (TPSA) is 96.0 Å². The molecule has 1 atom stereocenters. The molecule has 0 aliphatic heterocycles. The summed E-state index contributed by atoms with van der Waals surface area (Å²) in [6.07, 6.45) is 0.315. The van der Waals surface area contributed by atoms with Crippen molar-refractivity contribution in [2.24, 2.45) is 0 Å². The van der Waals surface area contributed by atoms with Crippen LogP contribution in [0.1, 0.15) is 18.9 Å². The molecule has 0 aliphatic rings. The fraction of sp³-hybridized carbons (Fsp3) is 0.259. The summed E-state index contributed by atoms with van der Waals surface area (Å²) in [5.74, 6) is -0.649. The van der Waals surface area contributed by atoms with E-state index >= 15 is 0 Å². The number of nitrogens with one attached hydrogen (secondary N) is 1. The van der Waals surface area contributed by atoms with E-state index in [1.807, 2.05) is 0 Å². The Morgan fingerprint density at radius 3 is 2.22 bits per heavy atom. The second-order valence-electron chi connectivity index (χ2n) is 8.15. The number of ether oxygens (including phenoxy) is 1. The molecule has 37 heavy (non-hydrogen) atoms. The van der Waals surface area contributed by atoms with E-state index in [9.17, 15) is 18.0 Å². The molecule has 196 valence electrons. The number of hydrogen-bond acceptors (Lipinski definition) is 5. The summed E-state index contributed by atoms with van der Waals surface area (Å²) in [6.45, 7) is 1.25. The summed E-state index contributed by atoms with van der Waals surface area (Å²) in [5, 5.41) is 3.03. The minimum atomic E-state index is -4.18. The molecule has 3 rings (SSSR count). The van der Waals surface area contributed by atoms with Crippen LogP contribution in [-0.4, -0.2) is 51.9 Å². The minimum absolute atomic E-state index is 0.0182. The standard InChI is InChI=1S/C27H30ClN3O5S/c1-4-23(27(33)29-2)30(18-20-12-8-9-15-22(20)28)26(32)19-31(24-16-10-11-17-25(24)36-3)37(34,35)21-13-6-5-7-14-21/h5-17,23H,4,18-19H2,1-3H3,(H,29,33)/t23-/m0/s1. The first-order valence-corrected chi connectivity index (χ1v) is 13.5. The average molecular weight is 544 g/mol. The molecule has 0 aliphatic carbocycles. The smallest absolute Gasteiger partial charge is 0.264 e. The molecule has 0 heterocycles. The molecule has 0 spiro atoms. The van der Waals surface area contributed by atoms with E-state index in [1.165, 1.54) is 31.2 Å². The first-order chi connectivity index (χ1) is 17.7. The third-order valence-electron chi connectivity index (χ3n) is 5.89. The van der Waals surface area contributed by atoms with Crippen LogP contribution in [0.25, 0.3) is 0 Å². The van der Waals surface area contributed by atoms with Crippen molar-refractivity contribution in [1.29, 1.82) is 0 Å². The molecule has 0 aromatic heterocycles. The first-order valence-electron chi connectivity index (χ1n) is 11.7. The fourth-order valence-electron chi connectivity index (χ4n) is 3.97. The number of carbonyl (C=O) groups is 2. The van der Waals surface area contributed by atoms with Crippen LogP contribution in [0.5, 0.6) is 5.75 Å². The lowest BCUT2D eigenvalue weighted by Gasteiger charge is -2.33. The van der Waals surface area contributed by atoms with Gasteiger partial charge >= 0.3 is 0 Å². The van der Waals surface area contributed by atoms with Crippen molar-refractivity contribution in [3.8, 4) is 5.75 Å². The van der Waals surface area contributed by atoms with Crippen molar-refractivity contribution in [3.05, 3.63) is 89.4 Å². The largest absolute Gasteiger partial charge is 0.495 e. The molecule has 3 aromatic rings. The molecule has 2 amide bonds. The number of para-hydroxylation sites is 2. The number of amides is 2. The van der Waals surface area contributed by atoms with Gasteiger partial charge in [-0.2, -0.15) is 0 Å². The van der Waals surface area contributed by atoms with Gasteiger partial charge in [0, 0.05) is 18.6 Å². The van der Waals surface area contributed by atoms with Gasteiger partial charge in [-0.05, 0) is 42.3 Å². The Hall–Kier alpha value is -3.56. The lowest BCUT2D eigenvalue weighted by atomic mass is 10.1. The van der Waals surface area contributed by atoms with Gasteiger partial charge in [-0.25, -0.2) is 8.42 Å². The molecule has 3 aromatic carbocycles. The number of halogens is 1. The maximum absolute atomic E-state index is 13.9. The van der Waals surface area contributed by atoms with E-state index in [4.69, 9.17) is 16.3 Å². The van der Waals surface area contributed by atoms with Crippen molar-refractivity contribution in [2.45, 2.75) is 30.8 Å². The maximum Gasteiger partial charge on any atom is 0.264 e. The van der Waals surface area contributed by atoms with Crippen LogP contribution in [0.4, 0.5) is 5.69 Å². The predicted molar refractivity (Wildman–Crippen MR) is 144 cm³/mol. The highest BCUT2D eigenvalue weighted by Gasteiger charge is 2.34. The van der Waals surface area contributed by atoms with Gasteiger partial charge < -0.3 is 15.0 Å². The maximum atomic E-state index is 13.9. The van der Waals surface area contributed by atoms with E-state index < -0.39 is 28.5 Å². The van der Waals surface area contributed by atoms with Gasteiger partial charge in [-0.3, -0.25) is 13.9 Å². The Labute approximate surface area is 222 Å². The summed E-state index contributed by atoms with van der Waals surface area (Å²) in [7, 11) is -1.26. The molecule has 0 radical (unpaired) electrons. The van der Waals surface area contributed by atoms with Crippen LogP contribution in [0.3, 0.4) is 0 Å². The molecular weight excluding hydrogens is 514 g/mol. The monoisotopic (exact) mass is 543 g/mol. The summed E-state index contributed by atoms with van der Waals surface area (Å²) in [5.41, 5.74) is 0.836. The number of nitrogens with zero attached hydrogens (tertiary/aromatic N) is 2. The number of benzene rings is 3. The zero-order chi connectivity index (χ0) is 27.0. The van der Waals surface area contributed by atoms with Gasteiger partial charge in [0.25, 0.3) is 10.0 Å². The Morgan fingerprint density at radius 2 is 1.59 bits per heavy atom. The fourth-order valence-corrected chi connectivity index (χ4v) is 5.61. The Balaban J connectivity index is 2.10. The molecule has 0 saturated heterocycles. The van der Waals surface area contributed by atoms with Crippen LogP contribution >= 0.6 is 11.6 Å². The van der Waals surface area contributed by atoms with E-state index in [2.05, 4.69) is 5.32 Å². The van der Waals surface area contributed by atoms with E-state index in [0.29, 0.717) is 17.0 Å². The lowest BCUT2D eigenvalue weighted by molar-refractivity contribution is -0.140. The van der Waals surface area contributed by atoms with Gasteiger partial charge in [0.15, 0.2) is 0 Å². The average Bonchev–Trinajstić information content (AvgIpc) is 2.92. The Morgan fingerprint density at radius 1 is 0.973 bits per heavy atom. The summed E-state index contributed by atoms with van der Waals surface area (Å²) in [6, 6.07) is 20.6. The third-order valence-corrected chi connectivity index (χ3v) is 8.04. The van der Waals surface area contributed by atoms with Gasteiger partial charge in [-0.15, -0.1) is 0 Å². The molecule has 8 nitrogen and oxygen atoms in total. The number of carbonyl (C=O) groups excluding carboxylic acids is 2. The van der Waals surface area contributed by atoms with E-state index in [1.54, 1.807) is 73.7 Å². The second kappa shape index (κ2) is 12.6. The number of sulfonamides is 1. The van der Waals surface area contributed by atoms with Crippen LogP contribution in [0, 0.1) is 0 Å². The number of rotatable bonds is 11. The van der Waals surface area contributed by atoms with E-state index in [0.717, 1.165) is 4.31 Å². The normalized spacial score (nSPS) is 11.9. The third kappa shape index (κ3) is 6.42. The lowest BCUT2D eigenvalue weighted by Crippen LogP contribution is -2.51. The highest BCUT2D eigenvalue weighted by Crippen LogP contribution is 2.32. The van der Waals surface area contributed by atoms with Crippen LogP contribution in [0.15, 0.2) is 83.8 Å². The minimum Gasteiger partial charge on any atom is -0.495 e. The van der Waals surface area contributed by atoms with Crippen LogP contribution in [0.2, 0.25) is 5.02 Å². The molecule has 10 heteroatoms. The van der Waals surface area contributed by atoms with Crippen molar-refractivity contribution in [3.63, 3.8) is 0 Å². The van der Waals surface area contributed by atoms with Gasteiger partial charge in [-0.1, -0.05) is 67.1 Å². The zero-order valence-corrected chi connectivity index (χ0v) is 22.5. The Bertz CT molecular complexity index is 1330. The number of likely N-dealkylation sites (N-methyl/N-ethyl adjacent to an activating group) is 1. The first kappa shape index (κ1) is 28.0. The molecule has 0 unspecified atom stereocenters. The summed E-state index contributed by atoms with van der Waals surface area (Å²) < 4.78 is 34.0. The summed E-state index contributed by atoms with van der Waals surface area (Å²) >= 11 is 6.37. The van der Waals surface area contributed by atoms with Crippen molar-refractivity contribution < 1.29 is 22.7 Å².